The van der Waals surface area contributed by atoms with Gasteiger partial charge in [-0.05, 0) is 13.8 Å². The summed E-state index contributed by atoms with van der Waals surface area (Å²) >= 11 is 0. The van der Waals surface area contributed by atoms with Crippen LogP contribution in [0.25, 0.3) is 0 Å². The lowest BCUT2D eigenvalue weighted by Crippen LogP contribution is -2.36. The Morgan fingerprint density at radius 3 is 2.39 bits per heavy atom. The molecule has 0 radical (unpaired) electrons. The Morgan fingerprint density at radius 2 is 1.83 bits per heavy atom. The monoisotopic (exact) mass is 262 g/mol. The van der Waals surface area contributed by atoms with Crippen molar-refractivity contribution in [3.8, 4) is 0 Å². The Morgan fingerprint density at radius 1 is 1.17 bits per heavy atom. The van der Waals surface area contributed by atoms with Crippen LogP contribution < -0.4 is 10.6 Å². The molecule has 0 saturated carbocycles. The minimum Gasteiger partial charge on any atom is -0.383 e. The van der Waals surface area contributed by atoms with Crippen molar-refractivity contribution in [2.24, 2.45) is 0 Å². The van der Waals surface area contributed by atoms with E-state index < -0.39 is 0 Å². The fourth-order valence-corrected chi connectivity index (χ4v) is 1.36. The second-order valence-corrected chi connectivity index (χ2v) is 3.65. The van der Waals surface area contributed by atoms with Crippen molar-refractivity contribution in [3.63, 3.8) is 0 Å². The highest BCUT2D eigenvalue weighted by atomic mass is 16.7. The van der Waals surface area contributed by atoms with Gasteiger partial charge in [0.05, 0.1) is 13.2 Å². The molecular weight excluding hydrogens is 236 g/mol. The summed E-state index contributed by atoms with van der Waals surface area (Å²) < 4.78 is 15.6. The first-order chi connectivity index (χ1) is 8.74. The van der Waals surface area contributed by atoms with Gasteiger partial charge in [-0.25, -0.2) is 0 Å². The van der Waals surface area contributed by atoms with E-state index in [-0.39, 0.29) is 12.2 Å². The molecule has 0 aliphatic carbocycles. The molecule has 0 aromatic carbocycles. The molecule has 0 aromatic rings. The Bertz CT molecular complexity index is 197. The van der Waals surface area contributed by atoms with E-state index in [9.17, 15) is 4.79 Å². The van der Waals surface area contributed by atoms with Crippen molar-refractivity contribution < 1.29 is 19.0 Å². The number of hydrogen-bond acceptors (Lipinski definition) is 5. The molecule has 0 saturated heterocycles. The molecule has 0 rings (SSSR count). The molecule has 0 fully saturated rings. The number of methoxy groups -OCH3 is 1. The first-order valence-corrected chi connectivity index (χ1v) is 6.44. The van der Waals surface area contributed by atoms with Crippen LogP contribution in [0.2, 0.25) is 0 Å². The van der Waals surface area contributed by atoms with Crippen LogP contribution in [0.15, 0.2) is 0 Å². The zero-order valence-corrected chi connectivity index (χ0v) is 11.7. The van der Waals surface area contributed by atoms with E-state index in [0.29, 0.717) is 39.5 Å². The third kappa shape index (κ3) is 10.5. The predicted octanol–water partition coefficient (Wildman–Crippen LogP) is 0.128. The van der Waals surface area contributed by atoms with E-state index in [1.165, 1.54) is 0 Å². The van der Waals surface area contributed by atoms with Crippen molar-refractivity contribution in [1.82, 2.24) is 10.6 Å². The molecular formula is C12H26N2O4. The molecule has 2 N–H and O–H groups in total. The lowest BCUT2D eigenvalue weighted by Gasteiger charge is -2.16. The quantitative estimate of drug-likeness (QED) is 0.386. The molecule has 0 spiro atoms. The van der Waals surface area contributed by atoms with Gasteiger partial charge in [0, 0.05) is 39.8 Å². The molecule has 18 heavy (non-hydrogen) atoms. The lowest BCUT2D eigenvalue weighted by atomic mass is 10.4. The molecule has 6 nitrogen and oxygen atoms in total. The first kappa shape index (κ1) is 17.3. The highest BCUT2D eigenvalue weighted by molar-refractivity contribution is 5.77. The summed E-state index contributed by atoms with van der Waals surface area (Å²) in [4.78, 5) is 11.3. The smallest absolute Gasteiger partial charge is 0.234 e. The molecule has 0 aliphatic heterocycles. The maximum atomic E-state index is 11.3. The van der Waals surface area contributed by atoms with Crippen molar-refractivity contribution in [2.45, 2.75) is 26.6 Å². The lowest BCUT2D eigenvalue weighted by molar-refractivity contribution is -0.139. The summed E-state index contributed by atoms with van der Waals surface area (Å²) in [5.74, 6) is -0.0311. The van der Waals surface area contributed by atoms with E-state index >= 15 is 0 Å². The van der Waals surface area contributed by atoms with Gasteiger partial charge in [0.2, 0.25) is 5.91 Å². The van der Waals surface area contributed by atoms with Gasteiger partial charge >= 0.3 is 0 Å². The summed E-state index contributed by atoms with van der Waals surface area (Å²) in [6, 6.07) is 0. The number of nitrogens with one attached hydrogen (secondary N) is 2. The fourth-order valence-electron chi connectivity index (χ4n) is 1.36. The Labute approximate surface area is 109 Å². The van der Waals surface area contributed by atoms with Gasteiger partial charge in [-0.15, -0.1) is 0 Å². The summed E-state index contributed by atoms with van der Waals surface area (Å²) in [7, 11) is 1.60. The maximum Gasteiger partial charge on any atom is 0.234 e. The van der Waals surface area contributed by atoms with Gasteiger partial charge in [0.25, 0.3) is 0 Å². The molecule has 6 heteroatoms. The maximum absolute atomic E-state index is 11.3. The van der Waals surface area contributed by atoms with Gasteiger partial charge in [0.1, 0.15) is 0 Å². The van der Waals surface area contributed by atoms with Crippen LogP contribution in [0.3, 0.4) is 0 Å². The van der Waals surface area contributed by atoms with Gasteiger partial charge in [0.15, 0.2) is 6.29 Å². The zero-order valence-electron chi connectivity index (χ0n) is 11.7. The average molecular weight is 262 g/mol. The minimum atomic E-state index is -0.191. The summed E-state index contributed by atoms with van der Waals surface area (Å²) in [6.07, 6.45) is 0.539. The highest BCUT2D eigenvalue weighted by Crippen LogP contribution is 1.99. The largest absolute Gasteiger partial charge is 0.383 e. The van der Waals surface area contributed by atoms with Gasteiger partial charge < -0.3 is 24.8 Å². The highest BCUT2D eigenvalue weighted by Gasteiger charge is 2.07. The summed E-state index contributed by atoms with van der Waals surface area (Å²) in [6.45, 7) is 7.17. The molecule has 0 heterocycles. The van der Waals surface area contributed by atoms with Gasteiger partial charge in [-0.3, -0.25) is 4.79 Å². The third-order valence-electron chi connectivity index (χ3n) is 2.18. The summed E-state index contributed by atoms with van der Waals surface area (Å²) in [5, 5.41) is 5.78. The average Bonchev–Trinajstić information content (AvgIpc) is 2.35. The van der Waals surface area contributed by atoms with E-state index in [2.05, 4.69) is 10.6 Å². The minimum absolute atomic E-state index is 0.0311. The summed E-state index contributed by atoms with van der Waals surface area (Å²) in [5.41, 5.74) is 0. The number of ether oxygens (including phenoxy) is 3. The molecule has 0 atom stereocenters. The SMILES string of the molecule is CCOC(CCNCC(=O)NCCOC)OCC. The number of rotatable bonds is 12. The van der Waals surface area contributed by atoms with Crippen molar-refractivity contribution >= 4 is 5.91 Å². The Hall–Kier alpha value is -0.690. The predicted molar refractivity (Wildman–Crippen MR) is 69.4 cm³/mol. The second-order valence-electron chi connectivity index (χ2n) is 3.65. The van der Waals surface area contributed by atoms with E-state index in [1.807, 2.05) is 13.8 Å². The molecule has 1 amide bonds. The van der Waals surface area contributed by atoms with E-state index in [0.717, 1.165) is 6.42 Å². The number of hydrogen-bond donors (Lipinski definition) is 2. The van der Waals surface area contributed by atoms with Crippen molar-refractivity contribution in [2.75, 3.05) is 46.6 Å². The van der Waals surface area contributed by atoms with Crippen molar-refractivity contribution in [1.29, 1.82) is 0 Å². The first-order valence-electron chi connectivity index (χ1n) is 6.44. The molecule has 108 valence electrons. The van der Waals surface area contributed by atoms with Crippen LogP contribution in [0.4, 0.5) is 0 Å². The topological polar surface area (TPSA) is 68.8 Å². The van der Waals surface area contributed by atoms with E-state index in [1.54, 1.807) is 7.11 Å². The number of carbonyl (C=O) groups is 1. The van der Waals surface area contributed by atoms with Crippen LogP contribution in [-0.4, -0.2) is 58.8 Å². The second kappa shape index (κ2) is 12.8. The fraction of sp³-hybridized carbons (Fsp3) is 0.917. The van der Waals surface area contributed by atoms with Crippen LogP contribution in [0, 0.1) is 0 Å². The Kier molecular flexibility index (Phi) is 12.3. The number of amides is 1. The van der Waals surface area contributed by atoms with Crippen LogP contribution in [0.1, 0.15) is 20.3 Å². The normalized spacial score (nSPS) is 10.9. The van der Waals surface area contributed by atoms with Gasteiger partial charge in [-0.1, -0.05) is 0 Å². The van der Waals surface area contributed by atoms with Crippen molar-refractivity contribution in [3.05, 3.63) is 0 Å². The molecule has 0 aliphatic rings. The Balaban J connectivity index is 3.48. The van der Waals surface area contributed by atoms with Crippen LogP contribution in [-0.2, 0) is 19.0 Å². The van der Waals surface area contributed by atoms with Crippen LogP contribution in [0.5, 0.6) is 0 Å². The standard InChI is InChI=1S/C12H26N2O4/c1-4-17-12(18-5-2)6-7-13-10-11(15)14-8-9-16-3/h12-13H,4-10H2,1-3H3,(H,14,15). The molecule has 0 bridgehead atoms. The van der Waals surface area contributed by atoms with E-state index in [4.69, 9.17) is 14.2 Å². The number of carbonyl (C=O) groups excluding carboxylic acids is 1. The van der Waals surface area contributed by atoms with Gasteiger partial charge in [-0.2, -0.15) is 0 Å². The van der Waals surface area contributed by atoms with Crippen LogP contribution >= 0.6 is 0 Å². The zero-order chi connectivity index (χ0) is 13.6. The third-order valence-corrected chi connectivity index (χ3v) is 2.18. The molecule has 0 aromatic heterocycles. The molecule has 0 unspecified atom stereocenters.